The molecule has 0 heterocycles. The summed E-state index contributed by atoms with van der Waals surface area (Å²) in [5, 5.41) is 0. The molecule has 0 aromatic heterocycles. The third-order valence-electron chi connectivity index (χ3n) is 2.35. The van der Waals surface area contributed by atoms with Gasteiger partial charge in [0.2, 0.25) is 0 Å². The monoisotopic (exact) mass is 215 g/mol. The molecule has 0 N–H and O–H groups in total. The van der Waals surface area contributed by atoms with E-state index in [9.17, 15) is 0 Å². The lowest BCUT2D eigenvalue weighted by molar-refractivity contribution is 0.301. The summed E-state index contributed by atoms with van der Waals surface area (Å²) in [6.45, 7) is 14.6. The van der Waals surface area contributed by atoms with Crippen LogP contribution in [0.1, 0.15) is 39.5 Å². The Hall–Kier alpha value is 0.177. The van der Waals surface area contributed by atoms with E-state index in [1.165, 1.54) is 44.9 Å². The summed E-state index contributed by atoms with van der Waals surface area (Å²) >= 11 is 0. The van der Waals surface area contributed by atoms with Gasteiger partial charge in [0, 0.05) is 0 Å². The molecule has 0 aromatic carbocycles. The Morgan fingerprint density at radius 2 is 1.29 bits per heavy atom. The lowest BCUT2D eigenvalue weighted by Gasteiger charge is -2.28. The fraction of sp³-hybridized carbons (Fsp3) is 1.00. The molecule has 0 fully saturated rings. The van der Waals surface area contributed by atoms with E-state index >= 15 is 0 Å². The summed E-state index contributed by atoms with van der Waals surface area (Å²) in [5.41, 5.74) is 0. The van der Waals surface area contributed by atoms with Gasteiger partial charge in [0.15, 0.2) is 0 Å². The molecular weight excluding hydrogens is 186 g/mol. The maximum absolute atomic E-state index is 2.69. The highest BCUT2D eigenvalue weighted by Crippen LogP contribution is 2.07. The van der Waals surface area contributed by atoms with Crippen molar-refractivity contribution >= 4 is 8.07 Å². The van der Waals surface area contributed by atoms with Crippen LogP contribution < -0.4 is 0 Å². The molecule has 0 rings (SSSR count). The van der Waals surface area contributed by atoms with Gasteiger partial charge in [0.05, 0.1) is 8.07 Å². The van der Waals surface area contributed by atoms with Gasteiger partial charge in [-0.15, -0.1) is 0 Å². The Morgan fingerprint density at radius 3 is 1.57 bits per heavy atom. The van der Waals surface area contributed by atoms with Gasteiger partial charge in [0.1, 0.15) is 0 Å². The molecule has 0 bridgehead atoms. The number of unbranched alkanes of at least 4 members (excludes halogenated alkanes) is 2. The highest BCUT2D eigenvalue weighted by molar-refractivity contribution is 6.76. The normalized spacial score (nSPS) is 12.4. The predicted molar refractivity (Wildman–Crippen MR) is 69.6 cm³/mol. The van der Waals surface area contributed by atoms with E-state index in [0.29, 0.717) is 0 Å². The van der Waals surface area contributed by atoms with Gasteiger partial charge >= 0.3 is 0 Å². The number of rotatable bonds is 8. The topological polar surface area (TPSA) is 3.24 Å². The fourth-order valence-electron chi connectivity index (χ4n) is 1.70. The van der Waals surface area contributed by atoms with Crippen LogP contribution in [-0.2, 0) is 0 Å². The number of nitrogens with zero attached hydrogens (tertiary/aromatic N) is 1. The van der Waals surface area contributed by atoms with Gasteiger partial charge in [-0.05, 0) is 32.1 Å². The molecule has 0 saturated heterocycles. The molecule has 14 heavy (non-hydrogen) atoms. The Morgan fingerprint density at radius 1 is 0.857 bits per heavy atom. The smallest absolute Gasteiger partial charge is 0.0599 e. The highest BCUT2D eigenvalue weighted by Gasteiger charge is 2.17. The molecule has 0 radical (unpaired) electrons. The largest absolute Gasteiger partial charge is 0.306 e. The molecule has 2 heteroatoms. The van der Waals surface area contributed by atoms with Gasteiger partial charge in [0.25, 0.3) is 0 Å². The van der Waals surface area contributed by atoms with Crippen molar-refractivity contribution in [2.24, 2.45) is 0 Å². The molecule has 0 aliphatic heterocycles. The van der Waals surface area contributed by atoms with Crippen LogP contribution in [0, 0.1) is 0 Å². The zero-order valence-corrected chi connectivity index (χ0v) is 11.9. The van der Waals surface area contributed by atoms with Crippen molar-refractivity contribution in [2.45, 2.75) is 59.2 Å². The van der Waals surface area contributed by atoms with Crippen LogP contribution in [0.3, 0.4) is 0 Å². The molecule has 0 amide bonds. The minimum atomic E-state index is -0.894. The summed E-state index contributed by atoms with van der Waals surface area (Å²) in [7, 11) is -0.894. The second-order valence-corrected chi connectivity index (χ2v) is 11.0. The molecule has 0 unspecified atom stereocenters. The van der Waals surface area contributed by atoms with E-state index < -0.39 is 8.07 Å². The van der Waals surface area contributed by atoms with Crippen LogP contribution in [0.2, 0.25) is 19.6 Å². The first kappa shape index (κ1) is 14.2. The maximum atomic E-state index is 2.69. The van der Waals surface area contributed by atoms with Crippen molar-refractivity contribution in [2.75, 3.05) is 19.3 Å². The van der Waals surface area contributed by atoms with Crippen molar-refractivity contribution < 1.29 is 0 Å². The standard InChI is InChI=1S/C12H29NSi/c1-6-8-10-13(11-9-7-2)12-14(3,4)5/h6-12H2,1-5H3. The average molecular weight is 215 g/mol. The molecule has 0 aromatic rings. The fourth-order valence-corrected chi connectivity index (χ4v) is 3.36. The van der Waals surface area contributed by atoms with Crippen LogP contribution in [0.4, 0.5) is 0 Å². The zero-order valence-electron chi connectivity index (χ0n) is 10.9. The van der Waals surface area contributed by atoms with E-state index in [2.05, 4.69) is 38.4 Å². The molecule has 0 aliphatic rings. The Labute approximate surface area is 91.9 Å². The summed E-state index contributed by atoms with van der Waals surface area (Å²) in [6, 6.07) is 0. The van der Waals surface area contributed by atoms with Crippen molar-refractivity contribution in [1.29, 1.82) is 0 Å². The van der Waals surface area contributed by atoms with Crippen LogP contribution in [0.25, 0.3) is 0 Å². The molecule has 0 atom stereocenters. The summed E-state index contributed by atoms with van der Waals surface area (Å²) in [6.07, 6.45) is 6.78. The van der Waals surface area contributed by atoms with Crippen molar-refractivity contribution in [3.8, 4) is 0 Å². The lowest BCUT2D eigenvalue weighted by Crippen LogP contribution is -2.41. The lowest BCUT2D eigenvalue weighted by atomic mass is 10.3. The number of hydrogen-bond donors (Lipinski definition) is 0. The minimum absolute atomic E-state index is 0.894. The van der Waals surface area contributed by atoms with Gasteiger partial charge in [-0.1, -0.05) is 46.3 Å². The van der Waals surface area contributed by atoms with Crippen LogP contribution in [0.5, 0.6) is 0 Å². The maximum Gasteiger partial charge on any atom is 0.0599 e. The number of hydrogen-bond acceptors (Lipinski definition) is 1. The van der Waals surface area contributed by atoms with Crippen molar-refractivity contribution in [1.82, 2.24) is 4.90 Å². The first-order chi connectivity index (χ1) is 6.49. The molecule has 0 spiro atoms. The first-order valence-corrected chi connectivity index (χ1v) is 9.92. The van der Waals surface area contributed by atoms with E-state index in [-0.39, 0.29) is 0 Å². The van der Waals surface area contributed by atoms with Crippen LogP contribution in [-0.4, -0.2) is 32.2 Å². The summed E-state index contributed by atoms with van der Waals surface area (Å²) < 4.78 is 0. The Bertz CT molecular complexity index is 121. The molecule has 1 nitrogen and oxygen atoms in total. The molecule has 0 saturated carbocycles. The first-order valence-electron chi connectivity index (χ1n) is 6.22. The Kier molecular flexibility index (Phi) is 7.56. The zero-order chi connectivity index (χ0) is 11.0. The van der Waals surface area contributed by atoms with E-state index in [1.807, 2.05) is 0 Å². The SMILES string of the molecule is CCCCN(CCCC)C[Si](C)(C)C. The van der Waals surface area contributed by atoms with Crippen molar-refractivity contribution in [3.05, 3.63) is 0 Å². The van der Waals surface area contributed by atoms with Crippen LogP contribution in [0.15, 0.2) is 0 Å². The third kappa shape index (κ3) is 8.76. The molecule has 86 valence electrons. The predicted octanol–water partition coefficient (Wildman–Crippen LogP) is 3.77. The highest BCUT2D eigenvalue weighted by atomic mass is 28.3. The average Bonchev–Trinajstić information content (AvgIpc) is 2.07. The summed E-state index contributed by atoms with van der Waals surface area (Å²) in [5.74, 6) is 0. The second-order valence-electron chi connectivity index (χ2n) is 5.54. The van der Waals surface area contributed by atoms with Gasteiger partial charge in [-0.25, -0.2) is 0 Å². The van der Waals surface area contributed by atoms with E-state index in [1.54, 1.807) is 0 Å². The van der Waals surface area contributed by atoms with Crippen LogP contribution >= 0.6 is 0 Å². The second kappa shape index (κ2) is 7.47. The van der Waals surface area contributed by atoms with Crippen molar-refractivity contribution in [3.63, 3.8) is 0 Å². The molecule has 0 aliphatic carbocycles. The van der Waals surface area contributed by atoms with Gasteiger partial charge in [-0.3, -0.25) is 0 Å². The third-order valence-corrected chi connectivity index (χ3v) is 3.75. The minimum Gasteiger partial charge on any atom is -0.306 e. The van der Waals surface area contributed by atoms with E-state index in [4.69, 9.17) is 0 Å². The quantitative estimate of drug-likeness (QED) is 0.557. The van der Waals surface area contributed by atoms with Gasteiger partial charge in [-0.2, -0.15) is 0 Å². The summed E-state index contributed by atoms with van der Waals surface area (Å²) in [4.78, 5) is 2.69. The van der Waals surface area contributed by atoms with E-state index in [0.717, 1.165) is 0 Å². The van der Waals surface area contributed by atoms with Gasteiger partial charge < -0.3 is 4.90 Å². The Balaban J connectivity index is 3.84. The molecular formula is C12H29NSi.